The van der Waals surface area contributed by atoms with Crippen molar-refractivity contribution in [3.63, 3.8) is 0 Å². The molecule has 0 saturated heterocycles. The molecule has 0 aromatic rings. The monoisotopic (exact) mass is 330 g/mol. The lowest BCUT2D eigenvalue weighted by Crippen LogP contribution is -3.00. The minimum atomic E-state index is 0. The van der Waals surface area contributed by atoms with E-state index in [1.165, 1.54) is 57.8 Å². The summed E-state index contributed by atoms with van der Waals surface area (Å²) in [6, 6.07) is 0. The topological polar surface area (TPSA) is 0 Å². The van der Waals surface area contributed by atoms with Crippen molar-refractivity contribution in [1.29, 1.82) is 0 Å². The van der Waals surface area contributed by atoms with Crippen LogP contribution in [-0.2, 0) is 10.9 Å². The first-order valence-electron chi connectivity index (χ1n) is 9.52. The summed E-state index contributed by atoms with van der Waals surface area (Å²) in [6.45, 7) is 2.71. The van der Waals surface area contributed by atoms with Crippen molar-refractivity contribution in [2.24, 2.45) is 0 Å². The van der Waals surface area contributed by atoms with E-state index in [9.17, 15) is 0 Å². The second-order valence-electron chi connectivity index (χ2n) is 7.90. The molecule has 21 heavy (non-hydrogen) atoms. The molecule has 0 aliphatic heterocycles. The Morgan fingerprint density at radius 1 is 0.619 bits per heavy atom. The molecule has 3 aliphatic carbocycles. The molecular weight excluding hydrogens is 296 g/mol. The van der Waals surface area contributed by atoms with Gasteiger partial charge >= 0.3 is 0 Å². The smallest absolute Gasteiger partial charge is 0.126 e. The third kappa shape index (κ3) is 4.34. The predicted molar refractivity (Wildman–Crippen MR) is 92.6 cm³/mol. The first kappa shape index (κ1) is 18.0. The lowest BCUT2D eigenvalue weighted by molar-refractivity contribution is -0.00000438. The van der Waals surface area contributed by atoms with E-state index in [1.807, 2.05) is 0 Å². The highest BCUT2D eigenvalue weighted by atomic mass is 35.5. The summed E-state index contributed by atoms with van der Waals surface area (Å²) in [5.74, 6) is 0. The van der Waals surface area contributed by atoms with Gasteiger partial charge in [0.15, 0.2) is 0 Å². The van der Waals surface area contributed by atoms with Crippen molar-refractivity contribution in [2.45, 2.75) is 118 Å². The molecule has 0 spiro atoms. The second kappa shape index (κ2) is 8.48. The third-order valence-corrected chi connectivity index (χ3v) is 10.2. The first-order valence-corrected chi connectivity index (χ1v) is 10.9. The summed E-state index contributed by atoms with van der Waals surface area (Å²) in [4.78, 5) is 0. The van der Waals surface area contributed by atoms with Gasteiger partial charge in [0.25, 0.3) is 0 Å². The molecule has 124 valence electrons. The molecule has 0 heterocycles. The van der Waals surface area contributed by atoms with Crippen LogP contribution < -0.4 is 12.4 Å². The minimum absolute atomic E-state index is 0. The van der Waals surface area contributed by atoms with Crippen molar-refractivity contribution >= 4 is 10.9 Å². The van der Waals surface area contributed by atoms with Gasteiger partial charge in [0, 0.05) is 0 Å². The average molecular weight is 331 g/mol. The minimum Gasteiger partial charge on any atom is -1.00 e. The van der Waals surface area contributed by atoms with Crippen molar-refractivity contribution < 1.29 is 12.4 Å². The van der Waals surface area contributed by atoms with Crippen LogP contribution in [0.25, 0.3) is 0 Å². The molecule has 0 bridgehead atoms. The van der Waals surface area contributed by atoms with Gasteiger partial charge in [-0.05, 0) is 94.9 Å². The third-order valence-electron chi connectivity index (χ3n) is 6.30. The summed E-state index contributed by atoms with van der Waals surface area (Å²) < 4.78 is 0.738. The number of rotatable bonds is 3. The number of hydrogen-bond donors (Lipinski definition) is 0. The zero-order valence-corrected chi connectivity index (χ0v) is 15.6. The van der Waals surface area contributed by atoms with E-state index in [1.54, 1.807) is 38.5 Å². The van der Waals surface area contributed by atoms with Gasteiger partial charge in [-0.1, -0.05) is 19.3 Å². The van der Waals surface area contributed by atoms with Gasteiger partial charge in [-0.25, -0.2) is 0 Å². The maximum absolute atomic E-state index is 2.71. The summed E-state index contributed by atoms with van der Waals surface area (Å²) >= 11 is 0. The Morgan fingerprint density at radius 2 is 1.00 bits per heavy atom. The zero-order valence-electron chi connectivity index (χ0n) is 14.0. The van der Waals surface area contributed by atoms with Crippen LogP contribution in [0, 0.1) is 0 Å². The normalized spacial score (nSPS) is 28.3. The Labute approximate surface area is 142 Å². The molecule has 0 aromatic carbocycles. The molecule has 0 radical (unpaired) electrons. The highest BCUT2D eigenvalue weighted by molar-refractivity contribution is 7.99. The molecule has 2 heteroatoms. The van der Waals surface area contributed by atoms with Crippen LogP contribution in [0.1, 0.15) is 103 Å². The molecule has 3 rings (SSSR count). The SMILES string of the molecule is CC1([S+](C2CCCCC2)C2CCCCC2)CCCCC1.[Cl-]. The van der Waals surface area contributed by atoms with Crippen molar-refractivity contribution in [1.82, 2.24) is 0 Å². The van der Waals surface area contributed by atoms with Crippen LogP contribution in [0.2, 0.25) is 0 Å². The molecular formula is C19H35ClS. The van der Waals surface area contributed by atoms with Gasteiger partial charge in [-0.3, -0.25) is 0 Å². The Balaban J connectivity index is 0.00000161. The summed E-state index contributed by atoms with van der Waals surface area (Å²) in [5, 5.41) is 2.24. The largest absolute Gasteiger partial charge is 1.00 e. The number of hydrogen-bond acceptors (Lipinski definition) is 0. The van der Waals surface area contributed by atoms with Gasteiger partial charge in [-0.15, -0.1) is 0 Å². The Hall–Kier alpha value is 0.640. The maximum Gasteiger partial charge on any atom is 0.126 e. The van der Waals surface area contributed by atoms with Crippen LogP contribution in [-0.4, -0.2) is 15.2 Å². The highest BCUT2D eigenvalue weighted by Gasteiger charge is 2.52. The molecule has 0 atom stereocenters. The lowest BCUT2D eigenvalue weighted by Gasteiger charge is -2.42. The van der Waals surface area contributed by atoms with E-state index in [4.69, 9.17) is 0 Å². The van der Waals surface area contributed by atoms with Gasteiger partial charge in [0.1, 0.15) is 15.2 Å². The van der Waals surface area contributed by atoms with Gasteiger partial charge in [0.2, 0.25) is 0 Å². The average Bonchev–Trinajstić information content (AvgIpc) is 2.50. The van der Waals surface area contributed by atoms with Crippen LogP contribution in [0.15, 0.2) is 0 Å². The van der Waals surface area contributed by atoms with E-state index in [0.717, 1.165) is 26.1 Å². The van der Waals surface area contributed by atoms with E-state index in [2.05, 4.69) is 6.92 Å². The summed E-state index contributed by atoms with van der Waals surface area (Å²) in [7, 11) is 0.751. The van der Waals surface area contributed by atoms with Gasteiger partial charge in [-0.2, -0.15) is 0 Å². The van der Waals surface area contributed by atoms with E-state index in [-0.39, 0.29) is 12.4 Å². The Bertz CT molecular complexity index is 268. The fourth-order valence-corrected chi connectivity index (χ4v) is 9.85. The summed E-state index contributed by atoms with van der Waals surface area (Å²) in [6.07, 6.45) is 23.2. The molecule has 3 saturated carbocycles. The summed E-state index contributed by atoms with van der Waals surface area (Å²) in [5.41, 5.74) is 0. The van der Waals surface area contributed by atoms with Crippen molar-refractivity contribution in [3.8, 4) is 0 Å². The van der Waals surface area contributed by atoms with Crippen LogP contribution in [0.5, 0.6) is 0 Å². The van der Waals surface area contributed by atoms with E-state index < -0.39 is 0 Å². The fraction of sp³-hybridized carbons (Fsp3) is 1.00. The quantitative estimate of drug-likeness (QED) is 0.698. The van der Waals surface area contributed by atoms with Crippen LogP contribution >= 0.6 is 0 Å². The van der Waals surface area contributed by atoms with Crippen LogP contribution in [0.3, 0.4) is 0 Å². The van der Waals surface area contributed by atoms with Crippen molar-refractivity contribution in [2.75, 3.05) is 0 Å². The van der Waals surface area contributed by atoms with Crippen LogP contribution in [0.4, 0.5) is 0 Å². The zero-order chi connectivity index (χ0) is 13.8. The number of halogens is 1. The Morgan fingerprint density at radius 3 is 1.43 bits per heavy atom. The standard InChI is InChI=1S/C19H35S.ClH/c1-19(15-9-4-10-16-19)20(17-11-5-2-6-12-17)18-13-7-3-8-14-18;/h17-18H,2-16H2,1H3;1H/q+1;/p-1. The van der Waals surface area contributed by atoms with E-state index >= 15 is 0 Å². The van der Waals surface area contributed by atoms with Gasteiger partial charge < -0.3 is 12.4 Å². The molecule has 3 aliphatic rings. The molecule has 0 amide bonds. The lowest BCUT2D eigenvalue weighted by atomic mass is 9.90. The molecule has 3 fully saturated rings. The highest BCUT2D eigenvalue weighted by Crippen LogP contribution is 2.46. The molecule has 0 N–H and O–H groups in total. The molecule has 0 aromatic heterocycles. The molecule has 0 unspecified atom stereocenters. The maximum atomic E-state index is 2.71. The van der Waals surface area contributed by atoms with Gasteiger partial charge in [0.05, 0.1) is 0 Å². The fourth-order valence-electron chi connectivity index (χ4n) is 5.25. The second-order valence-corrected chi connectivity index (χ2v) is 11.0. The van der Waals surface area contributed by atoms with Crippen molar-refractivity contribution in [3.05, 3.63) is 0 Å². The first-order chi connectivity index (χ1) is 9.80. The predicted octanol–water partition coefficient (Wildman–Crippen LogP) is 3.00. The Kier molecular flexibility index (Phi) is 7.26. The van der Waals surface area contributed by atoms with E-state index in [0.29, 0.717) is 0 Å². The molecule has 0 nitrogen and oxygen atoms in total.